The van der Waals surface area contributed by atoms with Gasteiger partial charge in [0.25, 0.3) is 11.8 Å². The summed E-state index contributed by atoms with van der Waals surface area (Å²) in [4.78, 5) is 52.5. The van der Waals surface area contributed by atoms with Crippen molar-refractivity contribution in [2.75, 3.05) is 16.8 Å². The average molecular weight is 559 g/mol. The zero-order chi connectivity index (χ0) is 28.4. The van der Waals surface area contributed by atoms with Gasteiger partial charge in [-0.25, -0.2) is 4.79 Å². The molecule has 5 rings (SSSR count). The van der Waals surface area contributed by atoms with E-state index in [0.29, 0.717) is 16.3 Å². The lowest BCUT2D eigenvalue weighted by molar-refractivity contribution is -0.139. The number of aryl methyl sites for hydroxylation is 1. The van der Waals surface area contributed by atoms with Crippen molar-refractivity contribution in [2.24, 2.45) is 0 Å². The summed E-state index contributed by atoms with van der Waals surface area (Å²) < 4.78 is 5.32. The van der Waals surface area contributed by atoms with Gasteiger partial charge < -0.3 is 20.3 Å². The molecule has 1 aliphatic heterocycles. The van der Waals surface area contributed by atoms with Gasteiger partial charge in [-0.1, -0.05) is 65.3 Å². The number of nitrogens with zero attached hydrogens (tertiary/aromatic N) is 2. The molecule has 3 N–H and O–H groups in total. The van der Waals surface area contributed by atoms with E-state index in [4.69, 9.17) is 16.1 Å². The molecule has 0 bridgehead atoms. The van der Waals surface area contributed by atoms with Gasteiger partial charge in [0.2, 0.25) is 5.91 Å². The summed E-state index contributed by atoms with van der Waals surface area (Å²) in [5.41, 5.74) is 2.34. The topological polar surface area (TPSA) is 142 Å². The number of anilines is 2. The molecule has 4 aromatic rings. The standard InChI is InChI=1S/C29H23ClN4O6/c1-16-25(26(33-40-16)19-9-5-6-10-20(19)30)28(37)34-15-24(35)31-21-14-18(11-12-23(21)34)27(36)32-22(29(38)39)13-17-7-3-2-4-8-17/h2-12,14,22H,13,15H2,1H3,(H,31,35)(H,32,36)(H,38,39). The summed E-state index contributed by atoms with van der Waals surface area (Å²) in [5.74, 6) is -2.57. The molecule has 3 amide bonds. The van der Waals surface area contributed by atoms with Gasteiger partial charge in [-0.2, -0.15) is 0 Å². The van der Waals surface area contributed by atoms with Crippen molar-refractivity contribution >= 4 is 46.7 Å². The summed E-state index contributed by atoms with van der Waals surface area (Å²) in [5, 5.41) is 19.3. The first-order chi connectivity index (χ1) is 19.2. The zero-order valence-electron chi connectivity index (χ0n) is 21.2. The number of carbonyl (C=O) groups excluding carboxylic acids is 3. The highest BCUT2D eigenvalue weighted by molar-refractivity contribution is 6.33. The Balaban J connectivity index is 1.43. The van der Waals surface area contributed by atoms with Crippen LogP contribution in [0.4, 0.5) is 11.4 Å². The quantitative estimate of drug-likeness (QED) is 0.306. The Hall–Kier alpha value is -4.96. The van der Waals surface area contributed by atoms with Crippen molar-refractivity contribution in [3.05, 3.63) is 100 Å². The summed E-state index contributed by atoms with van der Waals surface area (Å²) >= 11 is 6.34. The number of aromatic nitrogens is 1. The Morgan fingerprint density at radius 2 is 1.82 bits per heavy atom. The van der Waals surface area contributed by atoms with Crippen LogP contribution in [0.25, 0.3) is 11.3 Å². The fourth-order valence-corrected chi connectivity index (χ4v) is 4.73. The van der Waals surface area contributed by atoms with Gasteiger partial charge in [0.15, 0.2) is 0 Å². The Labute approximate surface area is 233 Å². The first-order valence-corrected chi connectivity index (χ1v) is 12.6. The molecule has 0 fully saturated rings. The second-order valence-corrected chi connectivity index (χ2v) is 9.57. The third-order valence-electron chi connectivity index (χ3n) is 6.46. The van der Waals surface area contributed by atoms with Crippen LogP contribution in [0, 0.1) is 6.92 Å². The van der Waals surface area contributed by atoms with E-state index in [1.165, 1.54) is 23.1 Å². The maximum absolute atomic E-state index is 13.8. The van der Waals surface area contributed by atoms with Crippen LogP contribution in [-0.2, 0) is 16.0 Å². The van der Waals surface area contributed by atoms with Crippen molar-refractivity contribution in [3.63, 3.8) is 0 Å². The summed E-state index contributed by atoms with van der Waals surface area (Å²) in [6, 6.07) is 19.0. The van der Waals surface area contributed by atoms with E-state index in [1.807, 2.05) is 6.07 Å². The minimum absolute atomic E-state index is 0.0950. The van der Waals surface area contributed by atoms with Crippen LogP contribution in [0.2, 0.25) is 5.02 Å². The lowest BCUT2D eigenvalue weighted by atomic mass is 10.0. The minimum atomic E-state index is -1.18. The maximum atomic E-state index is 13.8. The van der Waals surface area contributed by atoms with Crippen molar-refractivity contribution in [3.8, 4) is 11.3 Å². The van der Waals surface area contributed by atoms with Crippen LogP contribution in [0.1, 0.15) is 32.0 Å². The van der Waals surface area contributed by atoms with Crippen LogP contribution >= 0.6 is 11.6 Å². The summed E-state index contributed by atoms with van der Waals surface area (Å²) in [6.45, 7) is 1.31. The van der Waals surface area contributed by atoms with Crippen LogP contribution < -0.4 is 15.5 Å². The van der Waals surface area contributed by atoms with E-state index in [9.17, 15) is 24.3 Å². The highest BCUT2D eigenvalue weighted by Crippen LogP contribution is 2.36. The number of rotatable bonds is 7. The molecule has 0 saturated heterocycles. The number of hydrogen-bond acceptors (Lipinski definition) is 6. The van der Waals surface area contributed by atoms with Gasteiger partial charge in [-0.3, -0.25) is 19.3 Å². The Morgan fingerprint density at radius 1 is 1.10 bits per heavy atom. The van der Waals surface area contributed by atoms with E-state index in [2.05, 4.69) is 15.8 Å². The number of carboxylic acids is 1. The third kappa shape index (κ3) is 5.29. The number of aliphatic carboxylic acids is 1. The van der Waals surface area contributed by atoms with Crippen LogP contribution in [0.3, 0.4) is 0 Å². The lowest BCUT2D eigenvalue weighted by Crippen LogP contribution is -2.43. The maximum Gasteiger partial charge on any atom is 0.326 e. The molecule has 11 heteroatoms. The van der Waals surface area contributed by atoms with E-state index in [1.54, 1.807) is 55.5 Å². The van der Waals surface area contributed by atoms with Gasteiger partial charge in [-0.05, 0) is 36.8 Å². The zero-order valence-corrected chi connectivity index (χ0v) is 21.9. The normalized spacial score (nSPS) is 13.2. The molecule has 0 aliphatic carbocycles. The molecule has 2 heterocycles. The number of carboxylic acid groups (broad SMARTS) is 1. The van der Waals surface area contributed by atoms with Gasteiger partial charge in [0, 0.05) is 17.5 Å². The second-order valence-electron chi connectivity index (χ2n) is 9.17. The van der Waals surface area contributed by atoms with Crippen molar-refractivity contribution in [1.82, 2.24) is 10.5 Å². The molecule has 0 spiro atoms. The SMILES string of the molecule is Cc1onc(-c2ccccc2Cl)c1C(=O)N1CC(=O)Nc2cc(C(=O)NC(Cc3ccccc3)C(=O)O)ccc21. The molecule has 202 valence electrons. The molecule has 1 aromatic heterocycles. The first-order valence-electron chi connectivity index (χ1n) is 12.3. The lowest BCUT2D eigenvalue weighted by Gasteiger charge is -2.29. The molecule has 1 aliphatic rings. The van der Waals surface area contributed by atoms with E-state index < -0.39 is 29.7 Å². The molecular formula is C29H23ClN4O6. The van der Waals surface area contributed by atoms with Crippen LogP contribution in [-0.4, -0.2) is 46.5 Å². The van der Waals surface area contributed by atoms with E-state index in [-0.39, 0.29) is 41.2 Å². The molecule has 10 nitrogen and oxygen atoms in total. The fourth-order valence-electron chi connectivity index (χ4n) is 4.50. The van der Waals surface area contributed by atoms with Crippen molar-refractivity contribution < 1.29 is 28.8 Å². The van der Waals surface area contributed by atoms with Gasteiger partial charge in [0.1, 0.15) is 29.6 Å². The number of hydrogen-bond donors (Lipinski definition) is 3. The van der Waals surface area contributed by atoms with Crippen molar-refractivity contribution in [1.29, 1.82) is 0 Å². The summed E-state index contributed by atoms with van der Waals surface area (Å²) in [7, 11) is 0. The smallest absolute Gasteiger partial charge is 0.326 e. The molecule has 1 atom stereocenters. The number of nitrogens with one attached hydrogen (secondary N) is 2. The number of carbonyl (C=O) groups is 4. The number of benzene rings is 3. The Kier molecular flexibility index (Phi) is 7.35. The molecule has 1 unspecified atom stereocenters. The van der Waals surface area contributed by atoms with Gasteiger partial charge in [0.05, 0.1) is 16.4 Å². The predicted molar refractivity (Wildman–Crippen MR) is 147 cm³/mol. The van der Waals surface area contributed by atoms with Gasteiger partial charge in [-0.15, -0.1) is 0 Å². The molecule has 40 heavy (non-hydrogen) atoms. The third-order valence-corrected chi connectivity index (χ3v) is 6.79. The molecular weight excluding hydrogens is 536 g/mol. The Morgan fingerprint density at radius 3 is 2.55 bits per heavy atom. The van der Waals surface area contributed by atoms with E-state index >= 15 is 0 Å². The van der Waals surface area contributed by atoms with E-state index in [0.717, 1.165) is 5.56 Å². The average Bonchev–Trinajstić information content (AvgIpc) is 3.33. The summed E-state index contributed by atoms with van der Waals surface area (Å²) in [6.07, 6.45) is 0.0950. The van der Waals surface area contributed by atoms with Crippen LogP contribution in [0.5, 0.6) is 0 Å². The fraction of sp³-hybridized carbons (Fsp3) is 0.138. The van der Waals surface area contributed by atoms with Crippen LogP contribution in [0.15, 0.2) is 77.3 Å². The number of amides is 3. The van der Waals surface area contributed by atoms with Crippen molar-refractivity contribution in [2.45, 2.75) is 19.4 Å². The Bertz CT molecular complexity index is 1630. The second kappa shape index (κ2) is 11.0. The molecule has 3 aromatic carbocycles. The molecule has 0 saturated carbocycles. The first kappa shape index (κ1) is 26.6. The monoisotopic (exact) mass is 558 g/mol. The highest BCUT2D eigenvalue weighted by atomic mass is 35.5. The highest BCUT2D eigenvalue weighted by Gasteiger charge is 2.33. The predicted octanol–water partition coefficient (Wildman–Crippen LogP) is 4.33. The minimum Gasteiger partial charge on any atom is -0.480 e. The number of fused-ring (bicyclic) bond motifs is 1. The molecule has 0 radical (unpaired) electrons. The largest absolute Gasteiger partial charge is 0.480 e. The van der Waals surface area contributed by atoms with Gasteiger partial charge >= 0.3 is 5.97 Å². The number of halogens is 1.